The normalized spacial score (nSPS) is 10.9. The summed E-state index contributed by atoms with van der Waals surface area (Å²) in [6.45, 7) is 0. The molecule has 1 N–H and O–H groups in total. The van der Waals surface area contributed by atoms with E-state index in [1.165, 1.54) is 6.07 Å². The van der Waals surface area contributed by atoms with Crippen molar-refractivity contribution in [1.82, 2.24) is 4.98 Å². The van der Waals surface area contributed by atoms with Crippen LogP contribution in [0.3, 0.4) is 0 Å². The summed E-state index contributed by atoms with van der Waals surface area (Å²) in [5.41, 5.74) is 0.0872. The summed E-state index contributed by atoms with van der Waals surface area (Å²) in [6, 6.07) is 5.19. The van der Waals surface area contributed by atoms with E-state index in [9.17, 15) is 18.0 Å². The first-order chi connectivity index (χ1) is 10.5. The molecular formula is C14H6ClF3N2OS. The lowest BCUT2D eigenvalue weighted by Gasteiger charge is -2.02. The van der Waals surface area contributed by atoms with E-state index in [-0.39, 0.29) is 15.7 Å². The second kappa shape index (κ2) is 5.58. The molecule has 22 heavy (non-hydrogen) atoms. The summed E-state index contributed by atoms with van der Waals surface area (Å²) >= 11 is 6.78. The van der Waals surface area contributed by atoms with E-state index in [0.29, 0.717) is 16.3 Å². The maximum Gasteiger partial charge on any atom is 0.260 e. The maximum atomic E-state index is 13.5. The monoisotopic (exact) mass is 342 g/mol. The SMILES string of the molecule is O=C(Nc1nc2ccc(F)c(Cl)c2s1)c1ccc(F)cc1F. The Balaban J connectivity index is 1.92. The van der Waals surface area contributed by atoms with Crippen molar-refractivity contribution in [3.8, 4) is 0 Å². The lowest BCUT2D eigenvalue weighted by atomic mass is 10.2. The van der Waals surface area contributed by atoms with E-state index >= 15 is 0 Å². The van der Waals surface area contributed by atoms with Crippen molar-refractivity contribution < 1.29 is 18.0 Å². The van der Waals surface area contributed by atoms with Gasteiger partial charge in [-0.05, 0) is 24.3 Å². The number of amides is 1. The third kappa shape index (κ3) is 2.65. The third-order valence-corrected chi connectivity index (χ3v) is 4.33. The highest BCUT2D eigenvalue weighted by Gasteiger charge is 2.16. The summed E-state index contributed by atoms with van der Waals surface area (Å²) in [7, 11) is 0. The molecule has 0 unspecified atom stereocenters. The molecule has 0 atom stereocenters. The number of hydrogen-bond acceptors (Lipinski definition) is 3. The van der Waals surface area contributed by atoms with E-state index in [1.807, 2.05) is 0 Å². The molecule has 112 valence electrons. The first-order valence-corrected chi connectivity index (χ1v) is 7.16. The van der Waals surface area contributed by atoms with Gasteiger partial charge in [0.1, 0.15) is 17.5 Å². The second-order valence-electron chi connectivity index (χ2n) is 4.31. The van der Waals surface area contributed by atoms with Crippen LogP contribution in [-0.2, 0) is 0 Å². The molecule has 0 bridgehead atoms. The van der Waals surface area contributed by atoms with Gasteiger partial charge in [-0.2, -0.15) is 0 Å². The number of nitrogens with zero attached hydrogens (tertiary/aromatic N) is 1. The Kier molecular flexibility index (Phi) is 3.76. The standard InChI is InChI=1S/C14H6ClF3N2OS/c15-11-8(17)3-4-10-12(11)22-14(19-10)20-13(21)7-2-1-6(16)5-9(7)18/h1-5H,(H,19,20,21). The molecule has 0 saturated carbocycles. The predicted octanol–water partition coefficient (Wildman–Crippen LogP) is 4.62. The van der Waals surface area contributed by atoms with Crippen molar-refractivity contribution in [3.63, 3.8) is 0 Å². The molecule has 0 aliphatic heterocycles. The highest BCUT2D eigenvalue weighted by atomic mass is 35.5. The topological polar surface area (TPSA) is 42.0 Å². The first kappa shape index (κ1) is 14.8. The Labute approximate surface area is 131 Å². The number of halogens is 4. The van der Waals surface area contributed by atoms with Crippen LogP contribution in [0.25, 0.3) is 10.2 Å². The molecule has 8 heteroatoms. The minimum absolute atomic E-state index is 0.0940. The zero-order chi connectivity index (χ0) is 15.9. The molecule has 0 aliphatic rings. The minimum atomic E-state index is -0.984. The van der Waals surface area contributed by atoms with Crippen LogP contribution < -0.4 is 5.32 Å². The summed E-state index contributed by atoms with van der Waals surface area (Å²) in [4.78, 5) is 16.0. The van der Waals surface area contributed by atoms with Gasteiger partial charge in [0, 0.05) is 6.07 Å². The molecule has 3 aromatic rings. The van der Waals surface area contributed by atoms with Crippen molar-refractivity contribution in [2.24, 2.45) is 0 Å². The van der Waals surface area contributed by atoms with Gasteiger partial charge in [-0.15, -0.1) is 0 Å². The number of rotatable bonds is 2. The maximum absolute atomic E-state index is 13.5. The quantitative estimate of drug-likeness (QED) is 0.738. The van der Waals surface area contributed by atoms with Gasteiger partial charge >= 0.3 is 0 Å². The van der Waals surface area contributed by atoms with E-state index in [0.717, 1.165) is 29.5 Å². The molecule has 2 aromatic carbocycles. The Morgan fingerprint density at radius 1 is 1.14 bits per heavy atom. The van der Waals surface area contributed by atoms with Gasteiger partial charge in [0.2, 0.25) is 0 Å². The van der Waals surface area contributed by atoms with Gasteiger partial charge in [0.15, 0.2) is 5.13 Å². The number of hydrogen-bond donors (Lipinski definition) is 1. The lowest BCUT2D eigenvalue weighted by Crippen LogP contribution is -2.13. The molecule has 0 saturated heterocycles. The average Bonchev–Trinajstić information content (AvgIpc) is 2.86. The van der Waals surface area contributed by atoms with Gasteiger partial charge in [-0.1, -0.05) is 22.9 Å². The zero-order valence-electron chi connectivity index (χ0n) is 10.7. The molecular weight excluding hydrogens is 337 g/mol. The van der Waals surface area contributed by atoms with E-state index in [2.05, 4.69) is 10.3 Å². The fourth-order valence-electron chi connectivity index (χ4n) is 1.83. The number of aromatic nitrogens is 1. The lowest BCUT2D eigenvalue weighted by molar-refractivity contribution is 0.102. The number of benzene rings is 2. The molecule has 0 spiro atoms. The van der Waals surface area contributed by atoms with Crippen LogP contribution >= 0.6 is 22.9 Å². The predicted molar refractivity (Wildman–Crippen MR) is 78.9 cm³/mol. The molecule has 1 amide bonds. The Morgan fingerprint density at radius 3 is 2.64 bits per heavy atom. The van der Waals surface area contributed by atoms with E-state index in [1.54, 1.807) is 0 Å². The number of anilines is 1. The van der Waals surface area contributed by atoms with Crippen molar-refractivity contribution >= 4 is 44.2 Å². The number of thiazole rings is 1. The van der Waals surface area contributed by atoms with Crippen LogP contribution in [0, 0.1) is 17.5 Å². The average molecular weight is 343 g/mol. The molecule has 1 heterocycles. The van der Waals surface area contributed by atoms with Crippen LogP contribution in [-0.4, -0.2) is 10.9 Å². The van der Waals surface area contributed by atoms with Crippen LogP contribution in [0.4, 0.5) is 18.3 Å². The number of carbonyl (C=O) groups excluding carboxylic acids is 1. The second-order valence-corrected chi connectivity index (χ2v) is 5.68. The van der Waals surface area contributed by atoms with Gasteiger partial charge in [-0.25, -0.2) is 18.2 Å². The van der Waals surface area contributed by atoms with E-state index in [4.69, 9.17) is 11.6 Å². The largest absolute Gasteiger partial charge is 0.298 e. The first-order valence-electron chi connectivity index (χ1n) is 5.96. The fraction of sp³-hybridized carbons (Fsp3) is 0. The molecule has 3 rings (SSSR count). The zero-order valence-corrected chi connectivity index (χ0v) is 12.2. The highest BCUT2D eigenvalue weighted by Crippen LogP contribution is 2.33. The third-order valence-electron chi connectivity index (χ3n) is 2.85. The fourth-order valence-corrected chi connectivity index (χ4v) is 2.99. The minimum Gasteiger partial charge on any atom is -0.298 e. The van der Waals surface area contributed by atoms with Gasteiger partial charge in [-0.3, -0.25) is 10.1 Å². The summed E-state index contributed by atoms with van der Waals surface area (Å²) in [6.07, 6.45) is 0. The molecule has 0 radical (unpaired) electrons. The molecule has 1 aromatic heterocycles. The Morgan fingerprint density at radius 2 is 1.91 bits per heavy atom. The van der Waals surface area contributed by atoms with Gasteiger partial charge < -0.3 is 0 Å². The van der Waals surface area contributed by atoms with Crippen LogP contribution in [0.1, 0.15) is 10.4 Å². The summed E-state index contributed by atoms with van der Waals surface area (Å²) in [5.74, 6) is -3.15. The van der Waals surface area contributed by atoms with Gasteiger partial charge in [0.25, 0.3) is 5.91 Å². The summed E-state index contributed by atoms with van der Waals surface area (Å²) in [5, 5.41) is 2.42. The van der Waals surface area contributed by atoms with Crippen molar-refractivity contribution in [2.75, 3.05) is 5.32 Å². The van der Waals surface area contributed by atoms with Gasteiger partial charge in [0.05, 0.1) is 20.8 Å². The molecule has 0 aliphatic carbocycles. The number of fused-ring (bicyclic) bond motifs is 1. The number of nitrogens with one attached hydrogen (secondary N) is 1. The van der Waals surface area contributed by atoms with Crippen molar-refractivity contribution in [3.05, 3.63) is 58.4 Å². The van der Waals surface area contributed by atoms with E-state index < -0.39 is 23.4 Å². The smallest absolute Gasteiger partial charge is 0.260 e. The van der Waals surface area contributed by atoms with Crippen LogP contribution in [0.2, 0.25) is 5.02 Å². The molecule has 0 fully saturated rings. The number of carbonyl (C=O) groups is 1. The highest BCUT2D eigenvalue weighted by molar-refractivity contribution is 7.23. The summed E-state index contributed by atoms with van der Waals surface area (Å²) < 4.78 is 40.1. The van der Waals surface area contributed by atoms with Crippen molar-refractivity contribution in [2.45, 2.75) is 0 Å². The van der Waals surface area contributed by atoms with Crippen LogP contribution in [0.15, 0.2) is 30.3 Å². The molecule has 3 nitrogen and oxygen atoms in total. The van der Waals surface area contributed by atoms with Crippen LogP contribution in [0.5, 0.6) is 0 Å². The Bertz CT molecular complexity index is 897. The Hall–Kier alpha value is -2.12. The van der Waals surface area contributed by atoms with Crippen molar-refractivity contribution in [1.29, 1.82) is 0 Å².